The summed E-state index contributed by atoms with van der Waals surface area (Å²) in [7, 11) is 0. The zero-order chi connectivity index (χ0) is 37.7. The van der Waals surface area contributed by atoms with Crippen LogP contribution >= 0.6 is 34.9 Å². The average Bonchev–Trinajstić information content (AvgIpc) is 3.54. The molecule has 2 bridgehead atoms. The standard InChI is InChI=1S/C31H35ClN8O10S2/c1-30(2,28(48)49)50-37-18(22-36-29(33)52-38-22)24(44)35-19-25(45)39-20(27(46)47)14(12-51-26(19)39)11-40-8-5-31(6-9-40,7-10-40)13-34-23(43)15-3-4-16(41)21(42)17(15)32/h3-4,19,26H,5-13H2,1-2H3,(H7-,33,34,35,36,37,38,41,42,43,44,46,47,48,49)/t19-,26-,31?,40?/m1/s1. The number of benzene rings is 1. The van der Waals surface area contributed by atoms with Crippen molar-refractivity contribution in [3.63, 3.8) is 0 Å². The minimum absolute atomic E-state index is 0.00197. The number of quaternary nitrogens is 1. The summed E-state index contributed by atoms with van der Waals surface area (Å²) < 4.78 is 4.56. The summed E-state index contributed by atoms with van der Waals surface area (Å²) in [4.78, 5) is 73.8. The van der Waals surface area contributed by atoms with Crippen molar-refractivity contribution in [2.75, 3.05) is 44.2 Å². The molecule has 0 saturated carbocycles. The molecule has 5 aliphatic rings. The molecular formula is C31H35ClN8O10S2. The van der Waals surface area contributed by atoms with E-state index in [4.69, 9.17) is 22.2 Å². The Morgan fingerprint density at radius 1 is 1.21 bits per heavy atom. The highest BCUT2D eigenvalue weighted by Gasteiger charge is 2.55. The molecule has 4 fully saturated rings. The second-order valence-corrected chi connectivity index (χ2v) is 16.1. The monoisotopic (exact) mass is 778 g/mol. The number of aromatic hydroxyl groups is 2. The lowest BCUT2D eigenvalue weighted by Crippen LogP contribution is -2.72. The number of oxime groups is 1. The number of rotatable bonds is 12. The molecule has 18 nitrogen and oxygen atoms in total. The molecular weight excluding hydrogens is 744 g/mol. The first-order valence-corrected chi connectivity index (χ1v) is 18.3. The maximum absolute atomic E-state index is 13.4. The third kappa shape index (κ3) is 6.82. The zero-order valence-electron chi connectivity index (χ0n) is 27.9. The number of carbonyl (C=O) groups excluding carboxylic acids is 4. The number of hydrogen-bond acceptors (Lipinski definition) is 15. The Morgan fingerprint density at radius 3 is 2.48 bits per heavy atom. The molecule has 2 aromatic rings. The van der Waals surface area contributed by atoms with Crippen LogP contribution in [0.25, 0.3) is 0 Å². The summed E-state index contributed by atoms with van der Waals surface area (Å²) in [5.74, 6) is -5.92. The second-order valence-electron chi connectivity index (χ2n) is 13.8. The predicted octanol–water partition coefficient (Wildman–Crippen LogP) is -0.397. The highest BCUT2D eigenvalue weighted by atomic mass is 35.5. The van der Waals surface area contributed by atoms with E-state index < -0.39 is 63.9 Å². The third-order valence-corrected chi connectivity index (χ3v) is 12.4. The second kappa shape index (κ2) is 13.7. The summed E-state index contributed by atoms with van der Waals surface area (Å²) in [5.41, 5.74) is 3.54. The molecule has 5 aliphatic heterocycles. The third-order valence-electron chi connectivity index (χ3n) is 10.1. The normalized spacial score (nSPS) is 25.6. The van der Waals surface area contributed by atoms with Gasteiger partial charge in [-0.05, 0) is 26.0 Å². The number of aliphatic carboxylic acids is 2. The fourth-order valence-electron chi connectivity index (χ4n) is 6.85. The van der Waals surface area contributed by atoms with E-state index >= 15 is 0 Å². The van der Waals surface area contributed by atoms with Gasteiger partial charge in [0.15, 0.2) is 16.6 Å². The molecule has 7 rings (SSSR count). The summed E-state index contributed by atoms with van der Waals surface area (Å²) in [6.45, 7) is 5.37. The number of anilines is 1. The number of carboxylic acid groups (broad SMARTS) is 2. The molecule has 0 aliphatic carbocycles. The highest BCUT2D eigenvalue weighted by Crippen LogP contribution is 2.46. The van der Waals surface area contributed by atoms with Crippen LogP contribution in [0.15, 0.2) is 28.6 Å². The first-order valence-electron chi connectivity index (χ1n) is 16.1. The van der Waals surface area contributed by atoms with Gasteiger partial charge >= 0.3 is 5.97 Å². The fourth-order valence-corrected chi connectivity index (χ4v) is 8.87. The van der Waals surface area contributed by atoms with E-state index in [2.05, 4.69) is 25.1 Å². The van der Waals surface area contributed by atoms with E-state index in [0.717, 1.165) is 55.3 Å². The molecule has 1 aromatic heterocycles. The minimum atomic E-state index is -1.82. The number of phenolic OH excluding ortho intramolecular Hbond substituents is 2. The van der Waals surface area contributed by atoms with Gasteiger partial charge in [-0.1, -0.05) is 16.8 Å². The smallest absolute Gasteiger partial charge is 0.350 e. The number of piperidine rings is 3. The number of halogens is 1. The fraction of sp³-hybridized carbons (Fsp3) is 0.484. The number of carbonyl (C=O) groups is 5. The van der Waals surface area contributed by atoms with Crippen LogP contribution in [0.4, 0.5) is 5.13 Å². The first-order chi connectivity index (χ1) is 24.5. The lowest BCUT2D eigenvalue weighted by Gasteiger charge is -2.56. The van der Waals surface area contributed by atoms with Crippen LogP contribution < -0.4 is 21.5 Å². The van der Waals surface area contributed by atoms with Crippen molar-refractivity contribution < 1.29 is 53.7 Å². The summed E-state index contributed by atoms with van der Waals surface area (Å²) in [6, 6.07) is 1.39. The van der Waals surface area contributed by atoms with Crippen molar-refractivity contribution in [1.29, 1.82) is 0 Å². The number of β-lactam (4-membered cyclic amide) rings is 1. The van der Waals surface area contributed by atoms with E-state index in [-0.39, 0.29) is 38.4 Å². The number of nitrogens with two attached hydrogens (primary N) is 1. The van der Waals surface area contributed by atoms with Crippen LogP contribution in [0, 0.1) is 5.41 Å². The average molecular weight is 779 g/mol. The predicted molar refractivity (Wildman–Crippen MR) is 184 cm³/mol. The van der Waals surface area contributed by atoms with E-state index in [1.54, 1.807) is 0 Å². The highest BCUT2D eigenvalue weighted by molar-refractivity contribution is 8.00. The van der Waals surface area contributed by atoms with Gasteiger partial charge in [-0.3, -0.25) is 19.3 Å². The lowest BCUT2D eigenvalue weighted by molar-refractivity contribution is -0.941. The molecule has 7 N–H and O–H groups in total. The number of thioether (sulfide) groups is 1. The van der Waals surface area contributed by atoms with Gasteiger partial charge in [0.1, 0.15) is 18.0 Å². The van der Waals surface area contributed by atoms with E-state index in [0.29, 0.717) is 23.1 Å². The Morgan fingerprint density at radius 2 is 1.88 bits per heavy atom. The molecule has 4 saturated heterocycles. The molecule has 0 spiro atoms. The van der Waals surface area contributed by atoms with Crippen molar-refractivity contribution >= 4 is 75.4 Å². The Balaban J connectivity index is 1.11. The molecule has 278 valence electrons. The van der Waals surface area contributed by atoms with Crippen LogP contribution in [-0.4, -0.2) is 125 Å². The summed E-state index contributed by atoms with van der Waals surface area (Å²) in [6.07, 6.45) is 2.29. The van der Waals surface area contributed by atoms with Crippen LogP contribution in [0.2, 0.25) is 5.02 Å². The molecule has 6 heterocycles. The Hall–Kier alpha value is -4.66. The van der Waals surface area contributed by atoms with Crippen LogP contribution in [0.5, 0.6) is 11.5 Å². The molecule has 2 atom stereocenters. The van der Waals surface area contributed by atoms with Gasteiger partial charge in [0, 0.05) is 54.1 Å². The zero-order valence-corrected chi connectivity index (χ0v) is 30.3. The van der Waals surface area contributed by atoms with E-state index in [9.17, 15) is 44.4 Å². The number of nitrogens with one attached hydrogen (secondary N) is 2. The Labute approximate surface area is 309 Å². The first kappa shape index (κ1) is 37.1. The van der Waals surface area contributed by atoms with Gasteiger partial charge in [0.2, 0.25) is 17.1 Å². The molecule has 0 unspecified atom stereocenters. The van der Waals surface area contributed by atoms with Gasteiger partial charge in [-0.25, -0.2) is 4.79 Å². The maximum Gasteiger partial charge on any atom is 0.350 e. The van der Waals surface area contributed by atoms with Crippen molar-refractivity contribution in [2.45, 2.75) is 50.1 Å². The summed E-state index contributed by atoms with van der Waals surface area (Å²) >= 11 is 8.12. The number of carboxylic acids is 2. The van der Waals surface area contributed by atoms with Gasteiger partial charge in [0.25, 0.3) is 17.7 Å². The van der Waals surface area contributed by atoms with Crippen molar-refractivity contribution in [2.24, 2.45) is 10.6 Å². The van der Waals surface area contributed by atoms with Crippen LogP contribution in [0.3, 0.4) is 0 Å². The number of phenols is 2. The number of hydrogen-bond donors (Lipinski definition) is 6. The number of nitrogens with zero attached hydrogens (tertiary/aromatic N) is 5. The van der Waals surface area contributed by atoms with E-state index in [1.807, 2.05) is 0 Å². The molecule has 3 amide bonds. The van der Waals surface area contributed by atoms with Gasteiger partial charge in [0.05, 0.1) is 41.9 Å². The van der Waals surface area contributed by atoms with Crippen LogP contribution in [-0.2, 0) is 24.0 Å². The van der Waals surface area contributed by atoms with Gasteiger partial charge in [-0.2, -0.15) is 9.36 Å². The number of amides is 3. The molecule has 1 aromatic carbocycles. The SMILES string of the molecule is CC(C)(O/N=C(\C(=O)N[C@@H]1C(=O)N2C(C(=O)[O-])=C(C[N+]34CCC(CNC(=O)c5ccc(O)c(O)c5Cl)(CC3)CC4)CS[C@H]12)c1nsc(N)n1)C(=O)O. The topological polar surface area (TPSA) is 270 Å². The van der Waals surface area contributed by atoms with Crippen molar-refractivity contribution in [3.05, 3.63) is 39.8 Å². The Kier molecular flexibility index (Phi) is 9.79. The number of nitrogen functional groups attached to an aromatic ring is 1. The maximum atomic E-state index is 13.4. The lowest BCUT2D eigenvalue weighted by atomic mass is 9.70. The van der Waals surface area contributed by atoms with Crippen molar-refractivity contribution in [3.8, 4) is 11.5 Å². The van der Waals surface area contributed by atoms with Crippen molar-refractivity contribution in [1.82, 2.24) is 24.9 Å². The van der Waals surface area contributed by atoms with Gasteiger partial charge in [-0.15, -0.1) is 11.8 Å². The number of fused-ring (bicyclic) bond motifs is 4. The summed E-state index contributed by atoms with van der Waals surface area (Å²) in [5, 5.41) is 49.6. The Bertz CT molecular complexity index is 1910. The largest absolute Gasteiger partial charge is 0.543 e. The minimum Gasteiger partial charge on any atom is -0.543 e. The van der Waals surface area contributed by atoms with Gasteiger partial charge < -0.3 is 50.9 Å². The number of aromatic nitrogens is 2. The van der Waals surface area contributed by atoms with E-state index in [1.165, 1.54) is 37.7 Å². The quantitative estimate of drug-likeness (QED) is 0.0527. The van der Waals surface area contributed by atoms with Crippen LogP contribution in [0.1, 0.15) is 49.3 Å². The molecule has 21 heteroatoms. The molecule has 52 heavy (non-hydrogen) atoms. The molecule has 0 radical (unpaired) electrons.